The Morgan fingerprint density at radius 3 is 1.14 bits per heavy atom. The van der Waals surface area contributed by atoms with Gasteiger partial charge in [-0.05, 0) is 160 Å². The van der Waals surface area contributed by atoms with Gasteiger partial charge in [-0.1, -0.05) is 35.3 Å². The lowest BCUT2D eigenvalue weighted by molar-refractivity contribution is 0.261. The van der Waals surface area contributed by atoms with E-state index in [1.165, 1.54) is 0 Å². The van der Waals surface area contributed by atoms with Crippen LogP contribution in [0.3, 0.4) is 0 Å². The maximum Gasteiger partial charge on any atom is 0.134 e. The van der Waals surface area contributed by atoms with E-state index in [2.05, 4.69) is 41.9 Å². The zero-order chi connectivity index (χ0) is 43.6. The standard InChI is InChI=1S/2C25H24ClN3O2.2ClH/c2*1-29(2)13-14-31-20-6-3-17(4-7-20)23-16-21(19-5-8-22(26)24(30)15-19)25(28-23)18-9-11-27-12-10-18;;/h2*3-12,15-16,28,30H,13-14H2,1-2H3;2*1H. The molecule has 0 aliphatic carbocycles. The number of phenols is 2. The number of aromatic hydroxyl groups is 2. The Morgan fingerprint density at radius 1 is 0.469 bits per heavy atom. The lowest BCUT2D eigenvalue weighted by Gasteiger charge is -2.11. The van der Waals surface area contributed by atoms with Crippen molar-refractivity contribution >= 4 is 48.0 Å². The molecule has 8 rings (SSSR count). The summed E-state index contributed by atoms with van der Waals surface area (Å²) in [6.45, 7) is 3.02. The fourth-order valence-corrected chi connectivity index (χ4v) is 6.92. The number of hydrogen-bond acceptors (Lipinski definition) is 8. The second-order valence-corrected chi connectivity index (χ2v) is 15.9. The van der Waals surface area contributed by atoms with Crippen molar-refractivity contribution in [2.75, 3.05) is 54.5 Å². The summed E-state index contributed by atoms with van der Waals surface area (Å²) in [7, 11) is 8.10. The number of rotatable bonds is 14. The van der Waals surface area contributed by atoms with Crippen molar-refractivity contribution in [2.45, 2.75) is 0 Å². The summed E-state index contributed by atoms with van der Waals surface area (Å²) in [4.78, 5) is 19.5. The number of nitrogens with one attached hydrogen (secondary N) is 2. The molecule has 10 nitrogen and oxygen atoms in total. The smallest absolute Gasteiger partial charge is 0.134 e. The summed E-state index contributed by atoms with van der Waals surface area (Å²) in [5, 5.41) is 20.9. The number of likely N-dealkylation sites (N-methyl/N-ethyl adjacent to an activating group) is 2. The number of H-pyrrole nitrogens is 2. The molecule has 0 radical (unpaired) electrons. The molecule has 0 aliphatic rings. The Bertz CT molecular complexity index is 2510. The molecular formula is C50H50Cl4N6O4. The van der Waals surface area contributed by atoms with Crippen LogP contribution >= 0.6 is 48.0 Å². The van der Waals surface area contributed by atoms with E-state index < -0.39 is 0 Å². The van der Waals surface area contributed by atoms with Gasteiger partial charge in [0, 0.05) is 71.5 Å². The molecule has 64 heavy (non-hydrogen) atoms. The second kappa shape index (κ2) is 23.1. The van der Waals surface area contributed by atoms with E-state index in [-0.39, 0.29) is 36.3 Å². The van der Waals surface area contributed by atoms with Crippen LogP contribution in [0.15, 0.2) is 146 Å². The van der Waals surface area contributed by atoms with Crippen molar-refractivity contribution in [2.24, 2.45) is 0 Å². The van der Waals surface area contributed by atoms with Crippen LogP contribution < -0.4 is 9.47 Å². The molecule has 0 saturated carbocycles. The third-order valence-corrected chi connectivity index (χ3v) is 10.7. The number of phenolic OH excluding ortho intramolecular Hbond substituents is 2. The van der Waals surface area contributed by atoms with Crippen molar-refractivity contribution in [3.63, 3.8) is 0 Å². The van der Waals surface area contributed by atoms with Crippen molar-refractivity contribution in [1.29, 1.82) is 0 Å². The summed E-state index contributed by atoms with van der Waals surface area (Å²) in [5.41, 5.74) is 11.6. The molecule has 8 aromatic rings. The predicted molar refractivity (Wildman–Crippen MR) is 266 cm³/mol. The van der Waals surface area contributed by atoms with Gasteiger partial charge in [0.1, 0.15) is 36.2 Å². The van der Waals surface area contributed by atoms with Crippen LogP contribution in [0.1, 0.15) is 0 Å². The maximum absolute atomic E-state index is 10.1. The van der Waals surface area contributed by atoms with Gasteiger partial charge in [0.15, 0.2) is 0 Å². The number of aromatic amines is 2. The molecule has 14 heteroatoms. The Balaban J connectivity index is 0.000000234. The average Bonchev–Trinajstić information content (AvgIpc) is 3.93. The highest BCUT2D eigenvalue weighted by Gasteiger charge is 2.17. The second-order valence-electron chi connectivity index (χ2n) is 15.1. The summed E-state index contributed by atoms with van der Waals surface area (Å²) >= 11 is 12.0. The number of nitrogens with zero attached hydrogens (tertiary/aromatic N) is 4. The molecule has 0 fully saturated rings. The average molecular weight is 941 g/mol. The van der Waals surface area contributed by atoms with Crippen LogP contribution in [0.2, 0.25) is 10.0 Å². The van der Waals surface area contributed by atoms with Crippen molar-refractivity contribution in [3.8, 4) is 90.3 Å². The molecule has 4 heterocycles. The maximum atomic E-state index is 10.1. The van der Waals surface area contributed by atoms with E-state index in [0.29, 0.717) is 23.3 Å². The fraction of sp³-hybridized carbons (Fsp3) is 0.160. The van der Waals surface area contributed by atoms with E-state index in [1.54, 1.807) is 49.1 Å². The van der Waals surface area contributed by atoms with Gasteiger partial charge >= 0.3 is 0 Å². The topological polar surface area (TPSA) is 123 Å². The minimum absolute atomic E-state index is 0. The van der Waals surface area contributed by atoms with Gasteiger partial charge in [-0.3, -0.25) is 9.97 Å². The van der Waals surface area contributed by atoms with Crippen LogP contribution in [0, 0.1) is 0 Å². The fourth-order valence-electron chi connectivity index (χ4n) is 6.68. The minimum atomic E-state index is 0. The van der Waals surface area contributed by atoms with E-state index >= 15 is 0 Å². The number of aromatic nitrogens is 4. The van der Waals surface area contributed by atoms with Crippen molar-refractivity contribution in [3.05, 3.63) is 156 Å². The summed E-state index contributed by atoms with van der Waals surface area (Å²) in [5.74, 6) is 1.80. The quantitative estimate of drug-likeness (QED) is 0.0850. The highest BCUT2D eigenvalue weighted by molar-refractivity contribution is 6.32. The molecule has 0 aliphatic heterocycles. The summed E-state index contributed by atoms with van der Waals surface area (Å²) < 4.78 is 11.6. The lowest BCUT2D eigenvalue weighted by Crippen LogP contribution is -2.19. The normalized spacial score (nSPS) is 10.8. The molecule has 0 bridgehead atoms. The molecule has 0 atom stereocenters. The Morgan fingerprint density at radius 2 is 0.812 bits per heavy atom. The SMILES string of the molecule is CN(C)CCOc1ccc(-c2cc(-c3ccc(Cl)c(O)c3)c(-c3ccncc3)[nH]2)cc1.CN(C)CCOc1ccc(-c2cc(-c3ccc(Cl)c(O)c3)c(-c3ccncc3)[nH]2)cc1.Cl.Cl. The van der Waals surface area contributed by atoms with Gasteiger partial charge in [-0.25, -0.2) is 0 Å². The lowest BCUT2D eigenvalue weighted by atomic mass is 10.0. The summed E-state index contributed by atoms with van der Waals surface area (Å²) in [6.07, 6.45) is 7.05. The predicted octanol–water partition coefficient (Wildman–Crippen LogP) is 12.3. The van der Waals surface area contributed by atoms with Crippen molar-refractivity contribution < 1.29 is 19.7 Å². The monoisotopic (exact) mass is 938 g/mol. The zero-order valence-electron chi connectivity index (χ0n) is 35.8. The van der Waals surface area contributed by atoms with Gasteiger partial charge in [-0.2, -0.15) is 0 Å². The molecule has 0 unspecified atom stereocenters. The van der Waals surface area contributed by atoms with Crippen LogP contribution in [0.5, 0.6) is 23.0 Å². The molecule has 4 aromatic heterocycles. The molecule has 0 saturated heterocycles. The van der Waals surface area contributed by atoms with E-state index in [9.17, 15) is 10.2 Å². The number of halogens is 4. The molecule has 4 N–H and O–H groups in total. The highest BCUT2D eigenvalue weighted by Crippen LogP contribution is 2.40. The van der Waals surface area contributed by atoms with Crippen LogP contribution in [0.25, 0.3) is 67.3 Å². The molecule has 0 amide bonds. The molecule has 4 aromatic carbocycles. The van der Waals surface area contributed by atoms with Gasteiger partial charge in [0.25, 0.3) is 0 Å². The van der Waals surface area contributed by atoms with Gasteiger partial charge in [-0.15, -0.1) is 24.8 Å². The number of ether oxygens (including phenoxy) is 2. The van der Waals surface area contributed by atoms with E-state index in [1.807, 2.05) is 113 Å². The number of pyridine rings is 2. The van der Waals surface area contributed by atoms with Crippen LogP contribution in [-0.4, -0.2) is 94.4 Å². The Hall–Kier alpha value is -5.98. The van der Waals surface area contributed by atoms with Gasteiger partial charge < -0.3 is 39.5 Å². The van der Waals surface area contributed by atoms with Crippen molar-refractivity contribution in [1.82, 2.24) is 29.7 Å². The Labute approximate surface area is 396 Å². The number of benzene rings is 4. The molecule has 0 spiro atoms. The van der Waals surface area contributed by atoms with Crippen LogP contribution in [-0.2, 0) is 0 Å². The first kappa shape index (κ1) is 49.0. The third-order valence-electron chi connectivity index (χ3n) is 10.0. The van der Waals surface area contributed by atoms with E-state index in [0.717, 1.165) is 91.9 Å². The first-order valence-corrected chi connectivity index (χ1v) is 20.8. The third kappa shape index (κ3) is 12.6. The molecule has 332 valence electrons. The highest BCUT2D eigenvalue weighted by atomic mass is 35.5. The van der Waals surface area contributed by atoms with Gasteiger partial charge in [0.2, 0.25) is 0 Å². The first-order valence-electron chi connectivity index (χ1n) is 20.0. The Kier molecular flexibility index (Phi) is 17.7. The van der Waals surface area contributed by atoms with Gasteiger partial charge in [0.05, 0.1) is 21.4 Å². The minimum Gasteiger partial charge on any atom is -0.506 e. The summed E-state index contributed by atoms with van der Waals surface area (Å²) in [6, 6.07) is 38.6. The molecular weight excluding hydrogens is 890 g/mol. The zero-order valence-corrected chi connectivity index (χ0v) is 38.9. The van der Waals surface area contributed by atoms with E-state index in [4.69, 9.17) is 32.7 Å². The van der Waals surface area contributed by atoms with Crippen LogP contribution in [0.4, 0.5) is 0 Å². The number of hydrogen-bond donors (Lipinski definition) is 4. The largest absolute Gasteiger partial charge is 0.506 e. The first-order chi connectivity index (χ1) is 30.0.